The van der Waals surface area contributed by atoms with Gasteiger partial charge in [0.05, 0.1) is 0 Å². The van der Waals surface area contributed by atoms with Gasteiger partial charge in [-0.15, -0.1) is 0 Å². The number of hydrogen-bond acceptors (Lipinski definition) is 2. The highest BCUT2D eigenvalue weighted by atomic mass is 15.2. The third kappa shape index (κ3) is 2.60. The molecule has 2 unspecified atom stereocenters. The van der Waals surface area contributed by atoms with Gasteiger partial charge in [-0.05, 0) is 38.5 Å². The molecule has 94 valence electrons. The summed E-state index contributed by atoms with van der Waals surface area (Å²) >= 11 is 0. The molecule has 0 amide bonds. The Balaban J connectivity index is 1.93. The largest absolute Gasteiger partial charge is 0.309 e. The first-order valence-electron chi connectivity index (χ1n) is 7.16. The molecule has 0 bridgehead atoms. The van der Waals surface area contributed by atoms with Gasteiger partial charge in [0.25, 0.3) is 0 Å². The normalized spacial score (nSPS) is 37.3. The van der Waals surface area contributed by atoms with Crippen molar-refractivity contribution in [3.63, 3.8) is 0 Å². The minimum Gasteiger partial charge on any atom is -0.309 e. The Morgan fingerprint density at radius 2 is 2.06 bits per heavy atom. The van der Waals surface area contributed by atoms with Crippen molar-refractivity contribution in [3.8, 4) is 0 Å². The van der Waals surface area contributed by atoms with E-state index in [-0.39, 0.29) is 0 Å². The van der Waals surface area contributed by atoms with Gasteiger partial charge in [0.15, 0.2) is 0 Å². The van der Waals surface area contributed by atoms with E-state index in [0.29, 0.717) is 5.54 Å². The van der Waals surface area contributed by atoms with Gasteiger partial charge < -0.3 is 5.32 Å². The van der Waals surface area contributed by atoms with Crippen molar-refractivity contribution in [2.75, 3.05) is 19.6 Å². The van der Waals surface area contributed by atoms with Crippen LogP contribution in [0.5, 0.6) is 0 Å². The first kappa shape index (κ1) is 12.4. The highest BCUT2D eigenvalue weighted by molar-refractivity contribution is 4.95. The highest BCUT2D eigenvalue weighted by Gasteiger charge is 2.35. The van der Waals surface area contributed by atoms with Crippen LogP contribution in [0, 0.1) is 5.92 Å². The summed E-state index contributed by atoms with van der Waals surface area (Å²) in [5.41, 5.74) is 0.357. The quantitative estimate of drug-likeness (QED) is 0.790. The minimum absolute atomic E-state index is 0.357. The van der Waals surface area contributed by atoms with E-state index in [4.69, 9.17) is 0 Å². The highest BCUT2D eigenvalue weighted by Crippen LogP contribution is 2.30. The van der Waals surface area contributed by atoms with Crippen LogP contribution in [0.1, 0.15) is 52.9 Å². The zero-order valence-electron chi connectivity index (χ0n) is 11.3. The average molecular weight is 224 g/mol. The second kappa shape index (κ2) is 5.05. The van der Waals surface area contributed by atoms with Crippen molar-refractivity contribution in [3.05, 3.63) is 0 Å². The molecule has 2 heteroatoms. The fourth-order valence-corrected chi connectivity index (χ4v) is 2.99. The van der Waals surface area contributed by atoms with Gasteiger partial charge in [-0.25, -0.2) is 0 Å². The third-order valence-corrected chi connectivity index (χ3v) is 4.80. The maximum absolute atomic E-state index is 3.74. The first-order chi connectivity index (χ1) is 7.67. The number of piperazine rings is 1. The molecular weight excluding hydrogens is 196 g/mol. The molecule has 16 heavy (non-hydrogen) atoms. The lowest BCUT2D eigenvalue weighted by Gasteiger charge is -2.48. The number of rotatable bonds is 4. The van der Waals surface area contributed by atoms with Gasteiger partial charge in [-0.3, -0.25) is 4.90 Å². The Labute approximate surface area is 101 Å². The van der Waals surface area contributed by atoms with Crippen molar-refractivity contribution < 1.29 is 0 Å². The topological polar surface area (TPSA) is 15.3 Å². The molecule has 0 aromatic heterocycles. The molecule has 1 saturated heterocycles. The third-order valence-electron chi connectivity index (χ3n) is 4.80. The van der Waals surface area contributed by atoms with Crippen molar-refractivity contribution in [2.45, 2.75) is 64.5 Å². The van der Waals surface area contributed by atoms with Crippen molar-refractivity contribution in [1.29, 1.82) is 0 Å². The lowest BCUT2D eigenvalue weighted by molar-refractivity contribution is 0.0537. The number of nitrogens with one attached hydrogen (secondary N) is 1. The Kier molecular flexibility index (Phi) is 3.91. The van der Waals surface area contributed by atoms with Gasteiger partial charge in [-0.2, -0.15) is 0 Å². The molecule has 0 aromatic carbocycles. The fraction of sp³-hybridized carbons (Fsp3) is 1.00. The van der Waals surface area contributed by atoms with Crippen LogP contribution in [0.25, 0.3) is 0 Å². The fourth-order valence-electron chi connectivity index (χ4n) is 2.99. The predicted octanol–water partition coefficient (Wildman–Crippen LogP) is 2.64. The number of nitrogens with zero attached hydrogens (tertiary/aromatic N) is 1. The lowest BCUT2D eigenvalue weighted by Crippen LogP contribution is -2.63. The van der Waals surface area contributed by atoms with Gasteiger partial charge in [0.1, 0.15) is 0 Å². The smallest absolute Gasteiger partial charge is 0.0278 e. The summed E-state index contributed by atoms with van der Waals surface area (Å²) in [6, 6.07) is 0.778. The standard InChI is InChI=1S/C14H28N2/c1-4-13-9-15-14(3,5-2)11-16(13)10-12-7-6-8-12/h12-13,15H,4-11H2,1-3H3. The Morgan fingerprint density at radius 1 is 1.31 bits per heavy atom. The van der Waals surface area contributed by atoms with Gasteiger partial charge in [0.2, 0.25) is 0 Å². The van der Waals surface area contributed by atoms with Gasteiger partial charge in [0, 0.05) is 31.2 Å². The van der Waals surface area contributed by atoms with Crippen molar-refractivity contribution in [2.24, 2.45) is 5.92 Å². The molecule has 1 aliphatic heterocycles. The van der Waals surface area contributed by atoms with E-state index in [1.807, 2.05) is 0 Å². The Morgan fingerprint density at radius 3 is 2.56 bits per heavy atom. The molecular formula is C14H28N2. The van der Waals surface area contributed by atoms with E-state index >= 15 is 0 Å². The van der Waals surface area contributed by atoms with Crippen LogP contribution < -0.4 is 5.32 Å². The first-order valence-corrected chi connectivity index (χ1v) is 7.16. The van der Waals surface area contributed by atoms with E-state index < -0.39 is 0 Å². The molecule has 2 aliphatic rings. The zero-order chi connectivity index (χ0) is 11.6. The van der Waals surface area contributed by atoms with E-state index in [1.54, 1.807) is 0 Å². The zero-order valence-corrected chi connectivity index (χ0v) is 11.3. The summed E-state index contributed by atoms with van der Waals surface area (Å²) in [4.78, 5) is 2.77. The lowest BCUT2D eigenvalue weighted by atomic mass is 9.83. The maximum Gasteiger partial charge on any atom is 0.0278 e. The molecule has 0 aromatic rings. The molecule has 1 heterocycles. The Hall–Kier alpha value is -0.0800. The summed E-state index contributed by atoms with van der Waals surface area (Å²) in [7, 11) is 0. The van der Waals surface area contributed by atoms with Crippen molar-refractivity contribution in [1.82, 2.24) is 10.2 Å². The van der Waals surface area contributed by atoms with Crippen LogP contribution in [0.3, 0.4) is 0 Å². The molecule has 1 N–H and O–H groups in total. The second-order valence-electron chi connectivity index (χ2n) is 6.08. The number of hydrogen-bond donors (Lipinski definition) is 1. The van der Waals surface area contributed by atoms with E-state index in [0.717, 1.165) is 12.0 Å². The summed E-state index contributed by atoms with van der Waals surface area (Å²) in [5, 5.41) is 3.74. The molecule has 2 atom stereocenters. The summed E-state index contributed by atoms with van der Waals surface area (Å²) in [5.74, 6) is 1.01. The van der Waals surface area contributed by atoms with Crippen LogP contribution in [0.2, 0.25) is 0 Å². The summed E-state index contributed by atoms with van der Waals surface area (Å²) in [6.07, 6.45) is 6.95. The molecule has 1 saturated carbocycles. The maximum atomic E-state index is 3.74. The monoisotopic (exact) mass is 224 g/mol. The molecule has 2 nitrogen and oxygen atoms in total. The van der Waals surface area contributed by atoms with Gasteiger partial charge in [-0.1, -0.05) is 20.3 Å². The SMILES string of the molecule is CCC1CNC(C)(CC)CN1CC1CCC1. The molecule has 0 radical (unpaired) electrons. The molecule has 0 spiro atoms. The summed E-state index contributed by atoms with van der Waals surface area (Å²) in [6.45, 7) is 10.8. The average Bonchev–Trinajstić information content (AvgIpc) is 2.24. The predicted molar refractivity (Wildman–Crippen MR) is 69.7 cm³/mol. The second-order valence-corrected chi connectivity index (χ2v) is 6.08. The van der Waals surface area contributed by atoms with Crippen molar-refractivity contribution >= 4 is 0 Å². The molecule has 1 aliphatic carbocycles. The summed E-state index contributed by atoms with van der Waals surface area (Å²) < 4.78 is 0. The van der Waals surface area contributed by atoms with E-state index in [9.17, 15) is 0 Å². The molecule has 2 rings (SSSR count). The van der Waals surface area contributed by atoms with Crippen LogP contribution in [-0.4, -0.2) is 36.1 Å². The Bertz CT molecular complexity index is 225. The van der Waals surface area contributed by atoms with Crippen LogP contribution in [0.4, 0.5) is 0 Å². The van der Waals surface area contributed by atoms with E-state index in [2.05, 4.69) is 31.0 Å². The van der Waals surface area contributed by atoms with Gasteiger partial charge >= 0.3 is 0 Å². The van der Waals surface area contributed by atoms with Crippen LogP contribution >= 0.6 is 0 Å². The minimum atomic E-state index is 0.357. The molecule has 2 fully saturated rings. The van der Waals surface area contributed by atoms with E-state index in [1.165, 1.54) is 51.7 Å². The van der Waals surface area contributed by atoms with Crippen LogP contribution in [0.15, 0.2) is 0 Å². The van der Waals surface area contributed by atoms with Crippen LogP contribution in [-0.2, 0) is 0 Å².